The van der Waals surface area contributed by atoms with E-state index in [2.05, 4.69) is 27.9 Å². The molecular formula is C22H24N4O2S. The van der Waals surface area contributed by atoms with E-state index in [0.717, 1.165) is 30.5 Å². The summed E-state index contributed by atoms with van der Waals surface area (Å²) in [5.74, 6) is -0.310. The lowest BCUT2D eigenvalue weighted by Crippen LogP contribution is -2.19. The first-order valence-corrected chi connectivity index (χ1v) is 10.4. The van der Waals surface area contributed by atoms with Crippen LogP contribution in [-0.4, -0.2) is 16.9 Å². The molecule has 0 radical (unpaired) electrons. The van der Waals surface area contributed by atoms with Crippen molar-refractivity contribution in [2.45, 2.75) is 33.1 Å². The van der Waals surface area contributed by atoms with E-state index < -0.39 is 6.03 Å². The highest BCUT2D eigenvalue weighted by Gasteiger charge is 2.13. The fourth-order valence-corrected chi connectivity index (χ4v) is 3.43. The van der Waals surface area contributed by atoms with Crippen molar-refractivity contribution in [2.24, 2.45) is 0 Å². The zero-order valence-corrected chi connectivity index (χ0v) is 17.3. The summed E-state index contributed by atoms with van der Waals surface area (Å²) in [6, 6.07) is 14.9. The molecule has 0 aliphatic heterocycles. The number of hydrogen-bond acceptors (Lipinski definition) is 4. The molecule has 0 unspecified atom stereocenters. The maximum absolute atomic E-state index is 12.4. The molecule has 0 spiro atoms. The van der Waals surface area contributed by atoms with E-state index in [9.17, 15) is 9.59 Å². The quantitative estimate of drug-likeness (QED) is 0.469. The summed E-state index contributed by atoms with van der Waals surface area (Å²) in [5.41, 5.74) is 3.98. The van der Waals surface area contributed by atoms with Crippen molar-refractivity contribution < 1.29 is 9.59 Å². The van der Waals surface area contributed by atoms with Crippen molar-refractivity contribution in [1.29, 1.82) is 0 Å². The van der Waals surface area contributed by atoms with Gasteiger partial charge in [-0.2, -0.15) is 0 Å². The van der Waals surface area contributed by atoms with Gasteiger partial charge in [0.05, 0.1) is 0 Å². The van der Waals surface area contributed by atoms with Gasteiger partial charge in [0, 0.05) is 16.8 Å². The second kappa shape index (κ2) is 9.84. The van der Waals surface area contributed by atoms with Gasteiger partial charge in [0.15, 0.2) is 5.13 Å². The summed E-state index contributed by atoms with van der Waals surface area (Å²) in [4.78, 5) is 28.7. The number of amides is 3. The highest BCUT2D eigenvalue weighted by molar-refractivity contribution is 7.14. The van der Waals surface area contributed by atoms with Gasteiger partial charge in [-0.3, -0.25) is 10.1 Å². The Morgan fingerprint density at radius 2 is 1.79 bits per heavy atom. The molecule has 0 bridgehead atoms. The third kappa shape index (κ3) is 6.15. The first kappa shape index (κ1) is 20.5. The van der Waals surface area contributed by atoms with Crippen LogP contribution in [0.15, 0.2) is 53.9 Å². The number of urea groups is 1. The molecule has 150 valence electrons. The Balaban J connectivity index is 1.54. The number of anilines is 3. The molecule has 2 aromatic carbocycles. The molecule has 0 saturated carbocycles. The van der Waals surface area contributed by atoms with Crippen LogP contribution in [0, 0.1) is 6.92 Å². The van der Waals surface area contributed by atoms with Gasteiger partial charge in [-0.15, -0.1) is 11.3 Å². The normalized spacial score (nSPS) is 10.4. The number of carbonyl (C=O) groups is 2. The summed E-state index contributed by atoms with van der Waals surface area (Å²) in [5, 5.41) is 10.2. The van der Waals surface area contributed by atoms with Crippen molar-refractivity contribution in [3.05, 3.63) is 70.7 Å². The molecule has 1 aromatic heterocycles. The molecule has 3 rings (SSSR count). The molecule has 0 fully saturated rings. The molecule has 29 heavy (non-hydrogen) atoms. The smallest absolute Gasteiger partial charge is 0.321 e. The van der Waals surface area contributed by atoms with E-state index in [4.69, 9.17) is 0 Å². The molecule has 3 N–H and O–H groups in total. The molecule has 0 aliphatic carbocycles. The van der Waals surface area contributed by atoms with E-state index in [1.54, 1.807) is 11.4 Å². The predicted molar refractivity (Wildman–Crippen MR) is 119 cm³/mol. The van der Waals surface area contributed by atoms with Crippen LogP contribution in [0.3, 0.4) is 0 Å². The number of unbranched alkanes of at least 4 members (excludes halogenated alkanes) is 1. The Kier molecular flexibility index (Phi) is 6.97. The number of nitrogens with zero attached hydrogens (tertiary/aromatic N) is 1. The summed E-state index contributed by atoms with van der Waals surface area (Å²) < 4.78 is 0. The van der Waals surface area contributed by atoms with Crippen LogP contribution in [0.25, 0.3) is 0 Å². The molecule has 3 amide bonds. The zero-order chi connectivity index (χ0) is 20.6. The fraction of sp³-hybridized carbons (Fsp3) is 0.227. The summed E-state index contributed by atoms with van der Waals surface area (Å²) in [6.07, 6.45) is 3.34. The van der Waals surface area contributed by atoms with Crippen molar-refractivity contribution in [3.63, 3.8) is 0 Å². The van der Waals surface area contributed by atoms with Crippen LogP contribution in [0.5, 0.6) is 0 Å². The van der Waals surface area contributed by atoms with Gasteiger partial charge in [0.1, 0.15) is 5.69 Å². The Morgan fingerprint density at radius 1 is 1.00 bits per heavy atom. The van der Waals surface area contributed by atoms with Gasteiger partial charge >= 0.3 is 6.03 Å². The topological polar surface area (TPSA) is 83.1 Å². The molecule has 0 atom stereocenters. The number of aryl methyl sites for hydroxylation is 2. The fourth-order valence-electron chi connectivity index (χ4n) is 2.75. The van der Waals surface area contributed by atoms with Crippen molar-refractivity contribution in [2.75, 3.05) is 16.0 Å². The minimum Gasteiger partial charge on any atom is -0.321 e. The maximum atomic E-state index is 12.4. The second-order valence-corrected chi connectivity index (χ2v) is 7.60. The lowest BCUT2D eigenvalue weighted by atomic mass is 10.1. The average Bonchev–Trinajstić information content (AvgIpc) is 3.16. The average molecular weight is 409 g/mol. The first-order chi connectivity index (χ1) is 14.0. The van der Waals surface area contributed by atoms with Crippen LogP contribution in [-0.2, 0) is 6.42 Å². The Bertz CT molecular complexity index is 982. The van der Waals surface area contributed by atoms with Gasteiger partial charge < -0.3 is 10.6 Å². The first-order valence-electron chi connectivity index (χ1n) is 9.54. The number of nitrogens with one attached hydrogen (secondary N) is 3. The number of aromatic nitrogens is 1. The largest absolute Gasteiger partial charge is 0.325 e. The molecule has 1 heterocycles. The zero-order valence-electron chi connectivity index (χ0n) is 16.5. The van der Waals surface area contributed by atoms with Crippen LogP contribution in [0.1, 0.15) is 41.4 Å². The third-order valence-electron chi connectivity index (χ3n) is 4.26. The minimum absolute atomic E-state index is 0.260. The molecule has 0 saturated heterocycles. The third-order valence-corrected chi connectivity index (χ3v) is 5.02. The summed E-state index contributed by atoms with van der Waals surface area (Å²) >= 11 is 1.20. The molecular weight excluding hydrogens is 384 g/mol. The Morgan fingerprint density at radius 3 is 2.52 bits per heavy atom. The van der Waals surface area contributed by atoms with Gasteiger partial charge in [0.2, 0.25) is 0 Å². The number of benzene rings is 2. The Labute approximate surface area is 174 Å². The number of thiazole rings is 1. The molecule has 0 aliphatic rings. The lowest BCUT2D eigenvalue weighted by Gasteiger charge is -2.06. The molecule has 7 heteroatoms. The molecule has 3 aromatic rings. The molecule has 6 nitrogen and oxygen atoms in total. The highest BCUT2D eigenvalue weighted by atomic mass is 32.1. The van der Waals surface area contributed by atoms with E-state index in [1.807, 2.05) is 49.4 Å². The SMILES string of the molecule is CCCCc1ccc(NC(=O)c2csc(NC(=O)Nc3cccc(C)c3)n2)cc1. The standard InChI is InChI=1S/C22H24N4O2S/c1-3-4-7-16-9-11-17(12-10-16)23-20(27)19-14-29-22(25-19)26-21(28)24-18-8-5-6-15(2)13-18/h5-6,8-14H,3-4,7H2,1-2H3,(H,23,27)(H2,24,25,26,28). The maximum Gasteiger partial charge on any atom is 0.325 e. The van der Waals surface area contributed by atoms with Gasteiger partial charge in [-0.05, 0) is 55.2 Å². The van der Waals surface area contributed by atoms with Crippen molar-refractivity contribution >= 4 is 39.8 Å². The van der Waals surface area contributed by atoms with Gasteiger partial charge in [-0.1, -0.05) is 37.6 Å². The Hall–Kier alpha value is -3.19. The van der Waals surface area contributed by atoms with Crippen LogP contribution >= 0.6 is 11.3 Å². The minimum atomic E-state index is -0.403. The predicted octanol–water partition coefficient (Wildman–Crippen LogP) is 5.69. The summed E-state index contributed by atoms with van der Waals surface area (Å²) in [6.45, 7) is 4.12. The number of carbonyl (C=O) groups excluding carboxylic acids is 2. The highest BCUT2D eigenvalue weighted by Crippen LogP contribution is 2.18. The van der Waals surface area contributed by atoms with Crippen LogP contribution in [0.4, 0.5) is 21.3 Å². The van der Waals surface area contributed by atoms with Gasteiger partial charge in [0.25, 0.3) is 5.91 Å². The van der Waals surface area contributed by atoms with Crippen LogP contribution in [0.2, 0.25) is 0 Å². The van der Waals surface area contributed by atoms with Crippen molar-refractivity contribution in [3.8, 4) is 0 Å². The lowest BCUT2D eigenvalue weighted by molar-refractivity contribution is 0.102. The van der Waals surface area contributed by atoms with E-state index in [-0.39, 0.29) is 11.6 Å². The van der Waals surface area contributed by atoms with Crippen LogP contribution < -0.4 is 16.0 Å². The van der Waals surface area contributed by atoms with Gasteiger partial charge in [-0.25, -0.2) is 9.78 Å². The second-order valence-electron chi connectivity index (χ2n) is 6.74. The van der Waals surface area contributed by atoms with E-state index in [0.29, 0.717) is 10.8 Å². The van der Waals surface area contributed by atoms with E-state index in [1.165, 1.54) is 16.9 Å². The van der Waals surface area contributed by atoms with E-state index >= 15 is 0 Å². The van der Waals surface area contributed by atoms with Crippen molar-refractivity contribution in [1.82, 2.24) is 4.98 Å². The monoisotopic (exact) mass is 408 g/mol. The summed E-state index contributed by atoms with van der Waals surface area (Å²) in [7, 11) is 0. The number of rotatable bonds is 7. The number of hydrogen-bond donors (Lipinski definition) is 3.